The lowest BCUT2D eigenvalue weighted by Crippen LogP contribution is -2.49. The molecule has 3 nitrogen and oxygen atoms in total. The van der Waals surface area contributed by atoms with Crippen LogP contribution < -0.4 is 5.73 Å². The quantitative estimate of drug-likeness (QED) is 0.793. The number of nitrogens with zero attached hydrogens (tertiary/aromatic N) is 2. The van der Waals surface area contributed by atoms with Crippen molar-refractivity contribution in [2.75, 3.05) is 5.73 Å². The first kappa shape index (κ1) is 13.3. The first-order chi connectivity index (χ1) is 9.59. The second-order valence-corrected chi connectivity index (χ2v) is 8.32. The summed E-state index contributed by atoms with van der Waals surface area (Å²) in [4.78, 5) is 9.67. The Hall–Kier alpha value is -0.390. The third-order valence-corrected chi connectivity index (χ3v) is 6.97. The van der Waals surface area contributed by atoms with Crippen LogP contribution in [0.15, 0.2) is 0 Å². The van der Waals surface area contributed by atoms with Crippen LogP contribution in [0.5, 0.6) is 0 Å². The Morgan fingerprint density at radius 2 is 1.65 bits per heavy atom. The lowest BCUT2D eigenvalue weighted by molar-refractivity contribution is -0.00943. The molecule has 0 amide bonds. The topological polar surface area (TPSA) is 51.8 Å². The Kier molecular flexibility index (Phi) is 3.02. The highest BCUT2D eigenvalue weighted by molar-refractivity contribution is 14.1. The molecule has 4 aliphatic rings. The number of nitrogen functional groups attached to an aromatic ring is 1. The van der Waals surface area contributed by atoms with Gasteiger partial charge in [-0.3, -0.25) is 0 Å². The van der Waals surface area contributed by atoms with E-state index < -0.39 is 0 Å². The van der Waals surface area contributed by atoms with Gasteiger partial charge >= 0.3 is 0 Å². The first-order valence-corrected chi connectivity index (χ1v) is 9.00. The van der Waals surface area contributed by atoms with Crippen molar-refractivity contribution in [3.8, 4) is 0 Å². The SMILES string of the molecule is CCc1nc(C23CC4CC(CC(C4)C2)C3)nc(N)c1I. The molecule has 4 aliphatic carbocycles. The standard InChI is InChI=1S/C16H22IN3/c1-2-12-13(17)14(18)20-15(19-12)16-6-9-3-10(7-16)5-11(4-9)8-16/h9-11H,2-8H2,1H3,(H2,18,19,20). The molecule has 20 heavy (non-hydrogen) atoms. The van der Waals surface area contributed by atoms with Gasteiger partial charge in [0, 0.05) is 5.41 Å². The summed E-state index contributed by atoms with van der Waals surface area (Å²) in [5.74, 6) is 4.55. The number of nitrogens with two attached hydrogens (primary N) is 1. The van der Waals surface area contributed by atoms with Gasteiger partial charge < -0.3 is 5.73 Å². The number of halogens is 1. The van der Waals surface area contributed by atoms with Crippen LogP contribution in [-0.2, 0) is 11.8 Å². The van der Waals surface area contributed by atoms with Crippen molar-refractivity contribution in [2.45, 2.75) is 57.3 Å². The average molecular weight is 383 g/mol. The monoisotopic (exact) mass is 383 g/mol. The van der Waals surface area contributed by atoms with Crippen molar-refractivity contribution in [1.82, 2.24) is 9.97 Å². The first-order valence-electron chi connectivity index (χ1n) is 7.92. The van der Waals surface area contributed by atoms with Gasteiger partial charge in [-0.25, -0.2) is 9.97 Å². The van der Waals surface area contributed by atoms with Gasteiger partial charge in [0.25, 0.3) is 0 Å². The maximum Gasteiger partial charge on any atom is 0.140 e. The van der Waals surface area contributed by atoms with Crippen LogP contribution in [-0.4, -0.2) is 9.97 Å². The highest BCUT2D eigenvalue weighted by Gasteiger charge is 2.53. The van der Waals surface area contributed by atoms with Crippen molar-refractivity contribution in [3.05, 3.63) is 15.1 Å². The number of anilines is 1. The molecule has 0 saturated heterocycles. The molecule has 1 aromatic heterocycles. The zero-order chi connectivity index (χ0) is 13.9. The van der Waals surface area contributed by atoms with E-state index in [1.807, 2.05) is 0 Å². The normalized spacial score (nSPS) is 38.4. The minimum absolute atomic E-state index is 0.261. The van der Waals surface area contributed by atoms with Crippen LogP contribution in [0.1, 0.15) is 57.0 Å². The van der Waals surface area contributed by atoms with E-state index in [9.17, 15) is 0 Å². The summed E-state index contributed by atoms with van der Waals surface area (Å²) in [6.07, 6.45) is 9.25. The Morgan fingerprint density at radius 1 is 1.10 bits per heavy atom. The smallest absolute Gasteiger partial charge is 0.140 e. The van der Waals surface area contributed by atoms with E-state index in [4.69, 9.17) is 15.7 Å². The summed E-state index contributed by atoms with van der Waals surface area (Å²) in [6, 6.07) is 0. The number of aryl methyl sites for hydroxylation is 1. The maximum atomic E-state index is 6.16. The summed E-state index contributed by atoms with van der Waals surface area (Å²) in [7, 11) is 0. The van der Waals surface area contributed by atoms with E-state index in [2.05, 4.69) is 29.5 Å². The predicted molar refractivity (Wildman–Crippen MR) is 88.4 cm³/mol. The fourth-order valence-corrected chi connectivity index (χ4v) is 5.99. The summed E-state index contributed by atoms with van der Waals surface area (Å²) in [5.41, 5.74) is 7.56. The molecule has 1 heterocycles. The van der Waals surface area contributed by atoms with Crippen molar-refractivity contribution < 1.29 is 0 Å². The number of rotatable bonds is 2. The van der Waals surface area contributed by atoms with E-state index in [-0.39, 0.29) is 5.41 Å². The van der Waals surface area contributed by atoms with Crippen LogP contribution in [0.4, 0.5) is 5.82 Å². The molecule has 5 rings (SSSR count). The second-order valence-electron chi connectivity index (χ2n) is 7.24. The van der Waals surface area contributed by atoms with Crippen LogP contribution in [0, 0.1) is 21.3 Å². The van der Waals surface area contributed by atoms with Crippen molar-refractivity contribution >= 4 is 28.4 Å². The molecule has 1 aromatic rings. The molecule has 4 bridgehead atoms. The zero-order valence-corrected chi connectivity index (χ0v) is 14.2. The Labute approximate surface area is 134 Å². The molecule has 4 saturated carbocycles. The number of hydrogen-bond acceptors (Lipinski definition) is 3. The molecule has 108 valence electrons. The van der Waals surface area contributed by atoms with Crippen LogP contribution in [0.25, 0.3) is 0 Å². The average Bonchev–Trinajstić information content (AvgIpc) is 2.40. The van der Waals surface area contributed by atoms with E-state index in [1.165, 1.54) is 38.5 Å². The fraction of sp³-hybridized carbons (Fsp3) is 0.750. The molecule has 0 unspecified atom stereocenters. The van der Waals surface area contributed by atoms with Gasteiger partial charge in [0.1, 0.15) is 11.6 Å². The lowest BCUT2D eigenvalue weighted by Gasteiger charge is -2.56. The van der Waals surface area contributed by atoms with Crippen LogP contribution in [0.3, 0.4) is 0 Å². The molecule has 0 atom stereocenters. The number of hydrogen-bond donors (Lipinski definition) is 1. The van der Waals surface area contributed by atoms with Gasteiger partial charge in [0.2, 0.25) is 0 Å². The molecule has 2 N–H and O–H groups in total. The highest BCUT2D eigenvalue weighted by atomic mass is 127. The van der Waals surface area contributed by atoms with Crippen molar-refractivity contribution in [1.29, 1.82) is 0 Å². The van der Waals surface area contributed by atoms with Gasteiger partial charge in [-0.15, -0.1) is 0 Å². The summed E-state index contributed by atoms with van der Waals surface area (Å²) < 4.78 is 1.05. The minimum Gasteiger partial charge on any atom is -0.383 e. The van der Waals surface area contributed by atoms with Crippen molar-refractivity contribution in [2.24, 2.45) is 17.8 Å². The Morgan fingerprint density at radius 3 is 2.15 bits per heavy atom. The predicted octanol–water partition coefficient (Wildman–Crippen LogP) is 3.69. The molecule has 4 heteroatoms. The Balaban J connectivity index is 1.79. The minimum atomic E-state index is 0.261. The summed E-state index contributed by atoms with van der Waals surface area (Å²) in [5, 5.41) is 0. The van der Waals surface area contributed by atoms with Crippen LogP contribution >= 0.6 is 22.6 Å². The zero-order valence-electron chi connectivity index (χ0n) is 12.0. The van der Waals surface area contributed by atoms with E-state index in [1.54, 1.807) is 0 Å². The molecule has 0 aliphatic heterocycles. The van der Waals surface area contributed by atoms with Crippen molar-refractivity contribution in [3.63, 3.8) is 0 Å². The van der Waals surface area contributed by atoms with Gasteiger partial charge in [-0.1, -0.05) is 6.92 Å². The number of aromatic nitrogens is 2. The fourth-order valence-electron chi connectivity index (χ4n) is 5.37. The summed E-state index contributed by atoms with van der Waals surface area (Å²) >= 11 is 2.29. The highest BCUT2D eigenvalue weighted by Crippen LogP contribution is 2.60. The molecule has 4 fully saturated rings. The molecule has 0 aromatic carbocycles. The van der Waals surface area contributed by atoms with E-state index >= 15 is 0 Å². The largest absolute Gasteiger partial charge is 0.383 e. The lowest BCUT2D eigenvalue weighted by atomic mass is 9.49. The second kappa shape index (κ2) is 4.55. The van der Waals surface area contributed by atoms with Gasteiger partial charge in [-0.2, -0.15) is 0 Å². The van der Waals surface area contributed by atoms with E-state index in [0.717, 1.165) is 39.3 Å². The molecular weight excluding hydrogens is 361 g/mol. The maximum absolute atomic E-state index is 6.16. The Bertz CT molecular complexity index is 520. The third kappa shape index (κ3) is 1.90. The van der Waals surface area contributed by atoms with E-state index in [0.29, 0.717) is 5.82 Å². The molecular formula is C16H22IN3. The third-order valence-electron chi connectivity index (χ3n) is 5.79. The molecule has 0 spiro atoms. The van der Waals surface area contributed by atoms with Gasteiger partial charge in [0.05, 0.1) is 9.26 Å². The van der Waals surface area contributed by atoms with Crippen LogP contribution in [0.2, 0.25) is 0 Å². The summed E-state index contributed by atoms with van der Waals surface area (Å²) in [6.45, 7) is 2.16. The van der Waals surface area contributed by atoms with Gasteiger partial charge in [0.15, 0.2) is 0 Å². The van der Waals surface area contributed by atoms with Gasteiger partial charge in [-0.05, 0) is 85.3 Å². The molecule has 0 radical (unpaired) electrons.